The zero-order chi connectivity index (χ0) is 8.27. The van der Waals surface area contributed by atoms with Gasteiger partial charge in [0.25, 0.3) is 5.91 Å². The molecule has 62 valence electrons. The summed E-state index contributed by atoms with van der Waals surface area (Å²) >= 11 is 0. The fourth-order valence-corrected chi connectivity index (χ4v) is 0.919. The van der Waals surface area contributed by atoms with Gasteiger partial charge < -0.3 is 0 Å². The van der Waals surface area contributed by atoms with Crippen molar-refractivity contribution >= 4 is 5.91 Å². The maximum atomic E-state index is 11.1. The number of amides is 1. The molecular formula is C5H10N4O2. The fourth-order valence-electron chi connectivity index (χ4n) is 0.919. The zero-order valence-electron chi connectivity index (χ0n) is 6.20. The van der Waals surface area contributed by atoms with Crippen molar-refractivity contribution in [3.8, 4) is 0 Å². The molecular weight excluding hydrogens is 148 g/mol. The van der Waals surface area contributed by atoms with Crippen molar-refractivity contribution in [1.29, 1.82) is 5.53 Å². The topological polar surface area (TPSA) is 77.8 Å². The molecule has 1 amide bonds. The number of hydrogen-bond donors (Lipinski definition) is 2. The molecule has 0 radical (unpaired) electrons. The summed E-state index contributed by atoms with van der Waals surface area (Å²) in [6.07, 6.45) is -0.760. The quantitative estimate of drug-likeness (QED) is 0.523. The molecule has 1 fully saturated rings. The molecule has 0 aromatic rings. The van der Waals surface area contributed by atoms with Gasteiger partial charge in [0.2, 0.25) is 6.17 Å². The van der Waals surface area contributed by atoms with E-state index >= 15 is 0 Å². The Kier molecular flexibility index (Phi) is 2.50. The molecule has 0 bridgehead atoms. The molecule has 0 aromatic carbocycles. The first-order valence-electron chi connectivity index (χ1n) is 3.25. The van der Waals surface area contributed by atoms with Gasteiger partial charge in [0, 0.05) is 6.54 Å². The number of carbonyl (C=O) groups is 1. The van der Waals surface area contributed by atoms with Gasteiger partial charge in [0.1, 0.15) is 0 Å². The van der Waals surface area contributed by atoms with Crippen LogP contribution in [-0.2, 0) is 9.63 Å². The van der Waals surface area contributed by atoms with Gasteiger partial charge in [0.05, 0.1) is 13.7 Å². The number of carbonyl (C=O) groups excluding carboxylic acids is 1. The second-order valence-corrected chi connectivity index (χ2v) is 2.11. The Balaban J connectivity index is 2.59. The highest BCUT2D eigenvalue weighted by atomic mass is 16.7. The third-order valence-electron chi connectivity index (χ3n) is 1.48. The van der Waals surface area contributed by atoms with Crippen LogP contribution in [0.15, 0.2) is 5.11 Å². The van der Waals surface area contributed by atoms with Crippen LogP contribution in [0.3, 0.4) is 0 Å². The third-order valence-corrected chi connectivity index (χ3v) is 1.48. The Bertz CT molecular complexity index is 172. The molecule has 6 nitrogen and oxygen atoms in total. The van der Waals surface area contributed by atoms with Crippen LogP contribution in [0.4, 0.5) is 0 Å². The van der Waals surface area contributed by atoms with E-state index < -0.39 is 6.17 Å². The molecule has 11 heavy (non-hydrogen) atoms. The summed E-state index contributed by atoms with van der Waals surface area (Å²) in [4.78, 5) is 15.8. The van der Waals surface area contributed by atoms with Crippen LogP contribution >= 0.6 is 0 Å². The third kappa shape index (κ3) is 1.52. The van der Waals surface area contributed by atoms with E-state index in [9.17, 15) is 4.79 Å². The van der Waals surface area contributed by atoms with Crippen molar-refractivity contribution in [3.63, 3.8) is 0 Å². The van der Waals surface area contributed by atoms with Crippen molar-refractivity contribution < 1.29 is 9.63 Å². The highest BCUT2D eigenvalue weighted by Crippen LogP contribution is 2.01. The Hall–Kier alpha value is -1.01. The van der Waals surface area contributed by atoms with E-state index in [1.165, 1.54) is 12.2 Å². The van der Waals surface area contributed by atoms with E-state index in [1.54, 1.807) is 0 Å². The smallest absolute Gasteiger partial charge is 0.284 e. The molecule has 0 spiro atoms. The lowest BCUT2D eigenvalue weighted by Crippen LogP contribution is -2.53. The molecule has 1 atom stereocenters. The SMILES string of the molecule is CON1CCNC(N=N)C1=O. The van der Waals surface area contributed by atoms with Crippen LogP contribution in [0.5, 0.6) is 0 Å². The number of hydrogen-bond acceptors (Lipinski definition) is 5. The van der Waals surface area contributed by atoms with Gasteiger partial charge in [-0.3, -0.25) is 14.9 Å². The van der Waals surface area contributed by atoms with Crippen LogP contribution in [-0.4, -0.2) is 37.3 Å². The molecule has 0 aromatic heterocycles. The Morgan fingerprint density at radius 3 is 3.18 bits per heavy atom. The largest absolute Gasteiger partial charge is 0.287 e. The molecule has 1 saturated heterocycles. The monoisotopic (exact) mass is 158 g/mol. The van der Waals surface area contributed by atoms with E-state index in [0.717, 1.165) is 0 Å². The van der Waals surface area contributed by atoms with E-state index in [0.29, 0.717) is 13.1 Å². The lowest BCUT2D eigenvalue weighted by atomic mass is 10.3. The van der Waals surface area contributed by atoms with Gasteiger partial charge in [-0.05, 0) is 0 Å². The molecule has 6 heteroatoms. The fraction of sp³-hybridized carbons (Fsp3) is 0.800. The van der Waals surface area contributed by atoms with Crippen LogP contribution in [0.2, 0.25) is 0 Å². The maximum absolute atomic E-state index is 11.1. The predicted octanol–water partition coefficient (Wildman–Crippen LogP) is -0.663. The number of piperazine rings is 1. The van der Waals surface area contributed by atoms with E-state index in [2.05, 4.69) is 10.4 Å². The summed E-state index contributed by atoms with van der Waals surface area (Å²) in [5.74, 6) is -0.311. The Labute approximate surface area is 64.0 Å². The molecule has 1 heterocycles. The molecule has 1 unspecified atom stereocenters. The lowest BCUT2D eigenvalue weighted by Gasteiger charge is -2.27. The van der Waals surface area contributed by atoms with Crippen molar-refractivity contribution in [2.24, 2.45) is 5.11 Å². The summed E-state index contributed by atoms with van der Waals surface area (Å²) in [5.41, 5.74) is 6.65. The summed E-state index contributed by atoms with van der Waals surface area (Å²) in [6, 6.07) is 0. The van der Waals surface area contributed by atoms with Gasteiger partial charge in [-0.1, -0.05) is 0 Å². The second kappa shape index (κ2) is 3.40. The minimum atomic E-state index is -0.760. The summed E-state index contributed by atoms with van der Waals surface area (Å²) in [5, 5.41) is 7.05. The normalized spacial score (nSPS) is 25.4. The first kappa shape index (κ1) is 8.09. The van der Waals surface area contributed by atoms with Crippen LogP contribution < -0.4 is 5.32 Å². The molecule has 0 saturated carbocycles. The predicted molar refractivity (Wildman–Crippen MR) is 35.7 cm³/mol. The van der Waals surface area contributed by atoms with Crippen LogP contribution in [0.1, 0.15) is 0 Å². The van der Waals surface area contributed by atoms with Crippen molar-refractivity contribution in [3.05, 3.63) is 0 Å². The number of nitrogens with one attached hydrogen (secondary N) is 2. The number of rotatable bonds is 2. The summed E-state index contributed by atoms with van der Waals surface area (Å²) in [7, 11) is 1.42. The number of hydroxylamine groups is 2. The van der Waals surface area contributed by atoms with Gasteiger partial charge in [-0.25, -0.2) is 10.6 Å². The Morgan fingerprint density at radius 1 is 1.91 bits per heavy atom. The van der Waals surface area contributed by atoms with Crippen molar-refractivity contribution in [2.75, 3.05) is 20.2 Å². The average molecular weight is 158 g/mol. The van der Waals surface area contributed by atoms with E-state index in [4.69, 9.17) is 10.4 Å². The minimum Gasteiger partial charge on any atom is -0.284 e. The summed E-state index contributed by atoms with van der Waals surface area (Å²) in [6.45, 7) is 1.11. The molecule has 1 rings (SSSR count). The number of nitrogens with zero attached hydrogens (tertiary/aromatic N) is 2. The summed E-state index contributed by atoms with van der Waals surface area (Å²) < 4.78 is 0. The van der Waals surface area contributed by atoms with Gasteiger partial charge in [-0.15, -0.1) is 0 Å². The maximum Gasteiger partial charge on any atom is 0.287 e. The van der Waals surface area contributed by atoms with Gasteiger partial charge >= 0.3 is 0 Å². The van der Waals surface area contributed by atoms with Gasteiger partial charge in [-0.2, -0.15) is 5.11 Å². The average Bonchev–Trinajstić information content (AvgIpc) is 2.05. The second-order valence-electron chi connectivity index (χ2n) is 2.11. The first-order valence-corrected chi connectivity index (χ1v) is 3.25. The first-order chi connectivity index (χ1) is 5.29. The Morgan fingerprint density at radius 2 is 2.64 bits per heavy atom. The highest BCUT2D eigenvalue weighted by Gasteiger charge is 2.27. The molecule has 1 aliphatic heterocycles. The lowest BCUT2D eigenvalue weighted by molar-refractivity contribution is -0.182. The molecule has 0 aliphatic carbocycles. The van der Waals surface area contributed by atoms with Crippen LogP contribution in [0.25, 0.3) is 0 Å². The minimum absolute atomic E-state index is 0.311. The van der Waals surface area contributed by atoms with E-state index in [1.807, 2.05) is 0 Å². The van der Waals surface area contributed by atoms with Gasteiger partial charge in [0.15, 0.2) is 0 Å². The molecule has 1 aliphatic rings. The standard InChI is InChI=1S/C5H10N4O2/c1-11-9-3-2-7-4(8-6)5(9)10/h4,6-7H,2-3H2,1H3. The van der Waals surface area contributed by atoms with E-state index in [-0.39, 0.29) is 5.91 Å². The highest BCUT2D eigenvalue weighted by molar-refractivity contribution is 5.81. The zero-order valence-corrected chi connectivity index (χ0v) is 6.20. The van der Waals surface area contributed by atoms with Crippen molar-refractivity contribution in [2.45, 2.75) is 6.17 Å². The van der Waals surface area contributed by atoms with Crippen molar-refractivity contribution in [1.82, 2.24) is 10.4 Å². The van der Waals surface area contributed by atoms with Crippen LogP contribution in [0, 0.1) is 5.53 Å². The molecule has 2 N–H and O–H groups in total.